The molecule has 0 bridgehead atoms. The fourth-order valence-corrected chi connectivity index (χ4v) is 3.98. The molecule has 6 nitrogen and oxygen atoms in total. The molecular formula is C17H27IN6S. The second-order valence-electron chi connectivity index (χ2n) is 6.26. The van der Waals surface area contributed by atoms with Crippen molar-refractivity contribution in [3.05, 3.63) is 34.8 Å². The van der Waals surface area contributed by atoms with Crippen LogP contribution in [0.2, 0.25) is 0 Å². The topological polar surface area (TPSA) is 58.3 Å². The molecule has 1 aliphatic heterocycles. The summed E-state index contributed by atoms with van der Waals surface area (Å²) in [6.45, 7) is 7.20. The Bertz CT molecular complexity index is 668. The quantitative estimate of drug-likeness (QED) is 0.420. The number of aromatic nitrogens is 3. The molecule has 1 saturated heterocycles. The molecule has 2 aromatic rings. The highest BCUT2D eigenvalue weighted by Gasteiger charge is 2.28. The predicted molar refractivity (Wildman–Crippen MR) is 114 cm³/mol. The zero-order valence-electron chi connectivity index (χ0n) is 15.1. The molecule has 0 radical (unpaired) electrons. The number of nitrogens with one attached hydrogen (secondary N) is 1. The molecular weight excluding hydrogens is 447 g/mol. The number of rotatable bonds is 4. The van der Waals surface area contributed by atoms with Gasteiger partial charge in [0.2, 0.25) is 0 Å². The van der Waals surface area contributed by atoms with Crippen LogP contribution in [-0.2, 0) is 13.0 Å². The molecule has 138 valence electrons. The predicted octanol–water partition coefficient (Wildman–Crippen LogP) is 3.18. The van der Waals surface area contributed by atoms with E-state index in [9.17, 15) is 0 Å². The van der Waals surface area contributed by atoms with Crippen LogP contribution in [0, 0.1) is 5.92 Å². The molecule has 1 N–H and O–H groups in total. The monoisotopic (exact) mass is 474 g/mol. The number of guanidine groups is 1. The third kappa shape index (κ3) is 4.93. The molecule has 2 unspecified atom stereocenters. The van der Waals surface area contributed by atoms with Crippen LogP contribution in [0.3, 0.4) is 0 Å². The van der Waals surface area contributed by atoms with E-state index in [4.69, 9.17) is 0 Å². The van der Waals surface area contributed by atoms with Gasteiger partial charge >= 0.3 is 0 Å². The Morgan fingerprint density at radius 3 is 2.96 bits per heavy atom. The van der Waals surface area contributed by atoms with Crippen LogP contribution < -0.4 is 5.32 Å². The number of likely N-dealkylation sites (tertiary alicyclic amines) is 1. The SMILES string of the molecule is CCc1cnc(CNC(=NC)N2CCC(C)C(n3ccnc3)C2)s1.I. The third-order valence-electron chi connectivity index (χ3n) is 4.69. The Hall–Kier alpha value is -1.16. The molecule has 1 aliphatic rings. The molecule has 0 aliphatic carbocycles. The summed E-state index contributed by atoms with van der Waals surface area (Å²) in [6, 6.07) is 0.436. The summed E-state index contributed by atoms with van der Waals surface area (Å²) in [7, 11) is 1.85. The molecule has 3 heterocycles. The minimum atomic E-state index is 0. The Morgan fingerprint density at radius 1 is 1.48 bits per heavy atom. The van der Waals surface area contributed by atoms with Gasteiger partial charge in [-0.05, 0) is 18.8 Å². The Kier molecular flexibility index (Phi) is 7.67. The lowest BCUT2D eigenvalue weighted by molar-refractivity contribution is 0.189. The summed E-state index contributed by atoms with van der Waals surface area (Å²) < 4.78 is 2.22. The van der Waals surface area contributed by atoms with Crippen LogP contribution in [-0.4, -0.2) is 45.5 Å². The van der Waals surface area contributed by atoms with Gasteiger partial charge in [-0.15, -0.1) is 35.3 Å². The van der Waals surface area contributed by atoms with E-state index in [-0.39, 0.29) is 24.0 Å². The maximum atomic E-state index is 4.48. The van der Waals surface area contributed by atoms with Crippen molar-refractivity contribution in [2.75, 3.05) is 20.1 Å². The smallest absolute Gasteiger partial charge is 0.194 e. The highest BCUT2D eigenvalue weighted by Crippen LogP contribution is 2.27. The molecule has 2 aromatic heterocycles. The van der Waals surface area contributed by atoms with Gasteiger partial charge in [0.1, 0.15) is 5.01 Å². The van der Waals surface area contributed by atoms with Gasteiger partial charge in [-0.2, -0.15) is 0 Å². The van der Waals surface area contributed by atoms with Gasteiger partial charge in [0, 0.05) is 43.6 Å². The Balaban J connectivity index is 0.00000225. The maximum absolute atomic E-state index is 4.48. The van der Waals surface area contributed by atoms with Gasteiger partial charge in [-0.1, -0.05) is 13.8 Å². The van der Waals surface area contributed by atoms with Crippen LogP contribution in [0.15, 0.2) is 29.9 Å². The Morgan fingerprint density at radius 2 is 2.32 bits per heavy atom. The van der Waals surface area contributed by atoms with Crippen molar-refractivity contribution >= 4 is 41.3 Å². The van der Waals surface area contributed by atoms with E-state index < -0.39 is 0 Å². The van der Waals surface area contributed by atoms with Crippen molar-refractivity contribution in [3.63, 3.8) is 0 Å². The summed E-state index contributed by atoms with van der Waals surface area (Å²) >= 11 is 1.77. The molecule has 0 spiro atoms. The van der Waals surface area contributed by atoms with Crippen molar-refractivity contribution in [3.8, 4) is 0 Å². The normalized spacial score (nSPS) is 21.1. The van der Waals surface area contributed by atoms with Gasteiger partial charge in [0.25, 0.3) is 0 Å². The number of imidazole rings is 1. The van der Waals surface area contributed by atoms with E-state index in [1.165, 1.54) is 4.88 Å². The van der Waals surface area contributed by atoms with Crippen molar-refractivity contribution in [1.82, 2.24) is 24.8 Å². The third-order valence-corrected chi connectivity index (χ3v) is 5.83. The second kappa shape index (κ2) is 9.51. The first-order valence-corrected chi connectivity index (χ1v) is 9.39. The van der Waals surface area contributed by atoms with Crippen molar-refractivity contribution in [2.45, 2.75) is 39.3 Å². The fourth-order valence-electron chi connectivity index (χ4n) is 3.18. The van der Waals surface area contributed by atoms with Gasteiger partial charge < -0.3 is 14.8 Å². The lowest BCUT2D eigenvalue weighted by atomic mass is 9.93. The number of hydrogen-bond acceptors (Lipinski definition) is 4. The van der Waals surface area contributed by atoms with E-state index in [1.807, 2.05) is 25.8 Å². The highest BCUT2D eigenvalue weighted by molar-refractivity contribution is 14.0. The molecule has 0 amide bonds. The minimum absolute atomic E-state index is 0. The van der Waals surface area contributed by atoms with E-state index in [2.05, 4.69) is 49.8 Å². The number of hydrogen-bond donors (Lipinski definition) is 1. The average Bonchev–Trinajstić information content (AvgIpc) is 3.28. The van der Waals surface area contributed by atoms with Gasteiger partial charge in [0.15, 0.2) is 5.96 Å². The molecule has 25 heavy (non-hydrogen) atoms. The minimum Gasteiger partial charge on any atom is -0.350 e. The number of aryl methyl sites for hydroxylation is 1. The van der Waals surface area contributed by atoms with Crippen molar-refractivity contribution in [2.24, 2.45) is 10.9 Å². The molecule has 3 rings (SSSR count). The summed E-state index contributed by atoms with van der Waals surface area (Å²) in [5.74, 6) is 1.60. The van der Waals surface area contributed by atoms with E-state index in [0.29, 0.717) is 12.0 Å². The van der Waals surface area contributed by atoms with Crippen LogP contribution in [0.5, 0.6) is 0 Å². The number of nitrogens with zero attached hydrogens (tertiary/aromatic N) is 5. The zero-order chi connectivity index (χ0) is 16.9. The standard InChI is InChI=1S/C17H26N6S.HI/c1-4-14-9-20-16(24-14)10-21-17(18-3)22-7-5-13(2)15(11-22)23-8-6-19-12-23;/h6,8-9,12-13,15H,4-5,7,10-11H2,1-3H3,(H,18,21);1H. The summed E-state index contributed by atoms with van der Waals surface area (Å²) in [5, 5.41) is 4.59. The molecule has 2 atom stereocenters. The number of aliphatic imine (C=N–C) groups is 1. The molecule has 0 aromatic carbocycles. The largest absolute Gasteiger partial charge is 0.350 e. The van der Waals surface area contributed by atoms with Crippen LogP contribution in [0.4, 0.5) is 0 Å². The zero-order valence-corrected chi connectivity index (χ0v) is 18.2. The summed E-state index contributed by atoms with van der Waals surface area (Å²) in [6.07, 6.45) is 10.0. The molecule has 8 heteroatoms. The summed E-state index contributed by atoms with van der Waals surface area (Å²) in [4.78, 5) is 16.8. The average molecular weight is 474 g/mol. The van der Waals surface area contributed by atoms with Crippen LogP contribution in [0.1, 0.15) is 36.2 Å². The summed E-state index contributed by atoms with van der Waals surface area (Å²) in [5.41, 5.74) is 0. The lowest BCUT2D eigenvalue weighted by Gasteiger charge is -2.39. The van der Waals surface area contributed by atoms with Gasteiger partial charge in [-0.25, -0.2) is 9.97 Å². The number of piperidine rings is 1. The number of thiazole rings is 1. The van der Waals surface area contributed by atoms with E-state index >= 15 is 0 Å². The first-order chi connectivity index (χ1) is 11.7. The Labute approximate surface area is 170 Å². The maximum Gasteiger partial charge on any atom is 0.194 e. The van der Waals surface area contributed by atoms with Gasteiger partial charge in [0.05, 0.1) is 18.9 Å². The molecule has 0 saturated carbocycles. The van der Waals surface area contributed by atoms with Crippen molar-refractivity contribution < 1.29 is 0 Å². The van der Waals surface area contributed by atoms with Crippen molar-refractivity contribution in [1.29, 1.82) is 0 Å². The first-order valence-electron chi connectivity index (χ1n) is 8.57. The number of halogens is 1. The van der Waals surface area contributed by atoms with Crippen LogP contribution >= 0.6 is 35.3 Å². The lowest BCUT2D eigenvalue weighted by Crippen LogP contribution is -2.48. The van der Waals surface area contributed by atoms with Gasteiger partial charge in [-0.3, -0.25) is 4.99 Å². The highest BCUT2D eigenvalue weighted by atomic mass is 127. The second-order valence-corrected chi connectivity index (χ2v) is 7.46. The van der Waals surface area contributed by atoms with E-state index in [0.717, 1.165) is 43.4 Å². The first kappa shape index (κ1) is 20.2. The van der Waals surface area contributed by atoms with E-state index in [1.54, 1.807) is 11.3 Å². The molecule has 1 fully saturated rings. The van der Waals surface area contributed by atoms with Crippen LogP contribution in [0.25, 0.3) is 0 Å². The fraction of sp³-hybridized carbons (Fsp3) is 0.588.